The zero-order chi connectivity index (χ0) is 12.5. The first-order valence-corrected chi connectivity index (χ1v) is 5.32. The Kier molecular flexibility index (Phi) is 5.74. The molecule has 0 saturated heterocycles. The Bertz CT molecular complexity index is 361. The Morgan fingerprint density at radius 3 is 2.65 bits per heavy atom. The van der Waals surface area contributed by atoms with Crippen molar-refractivity contribution in [3.8, 4) is 5.75 Å². The Hall–Kier alpha value is -1.88. The lowest BCUT2D eigenvalue weighted by Crippen LogP contribution is -2.26. The number of rotatable bonds is 7. The van der Waals surface area contributed by atoms with E-state index in [-0.39, 0.29) is 19.1 Å². The monoisotopic (exact) mass is 237 g/mol. The SMILES string of the molecule is CCNCC(=O)Oc1ccc(COC=O)cc1. The molecule has 0 amide bonds. The highest BCUT2D eigenvalue weighted by Crippen LogP contribution is 2.12. The molecule has 0 aliphatic carbocycles. The third-order valence-electron chi connectivity index (χ3n) is 1.99. The van der Waals surface area contributed by atoms with E-state index in [9.17, 15) is 9.59 Å². The summed E-state index contributed by atoms with van der Waals surface area (Å²) in [5.41, 5.74) is 0.837. The summed E-state index contributed by atoms with van der Waals surface area (Å²) in [6.07, 6.45) is 0. The molecule has 5 nitrogen and oxygen atoms in total. The van der Waals surface area contributed by atoms with Crippen LogP contribution in [0, 0.1) is 0 Å². The fourth-order valence-corrected chi connectivity index (χ4v) is 1.18. The fourth-order valence-electron chi connectivity index (χ4n) is 1.18. The minimum Gasteiger partial charge on any atom is -0.463 e. The molecule has 0 unspecified atom stereocenters. The minimum absolute atomic E-state index is 0.187. The molecule has 0 aromatic heterocycles. The summed E-state index contributed by atoms with van der Waals surface area (Å²) in [5, 5.41) is 2.87. The summed E-state index contributed by atoms with van der Waals surface area (Å²) in [6, 6.07) is 6.79. The standard InChI is InChI=1S/C12H15NO4/c1-2-13-7-12(15)17-11-5-3-10(4-6-11)8-16-9-14/h3-6,9,13H,2,7-8H2,1H3. The van der Waals surface area contributed by atoms with Crippen LogP contribution in [0.1, 0.15) is 12.5 Å². The van der Waals surface area contributed by atoms with Gasteiger partial charge in [-0.25, -0.2) is 0 Å². The van der Waals surface area contributed by atoms with Gasteiger partial charge in [-0.3, -0.25) is 9.59 Å². The van der Waals surface area contributed by atoms with E-state index in [1.54, 1.807) is 24.3 Å². The summed E-state index contributed by atoms with van der Waals surface area (Å²) in [7, 11) is 0. The molecule has 1 N–H and O–H groups in total. The van der Waals surface area contributed by atoms with Gasteiger partial charge in [0.15, 0.2) is 0 Å². The van der Waals surface area contributed by atoms with Crippen LogP contribution in [0.5, 0.6) is 5.75 Å². The first kappa shape index (κ1) is 13.2. The summed E-state index contributed by atoms with van der Waals surface area (Å²) >= 11 is 0. The number of carbonyl (C=O) groups excluding carboxylic acids is 2. The number of hydrogen-bond acceptors (Lipinski definition) is 5. The third kappa shape index (κ3) is 5.12. The molecule has 0 atom stereocenters. The maximum absolute atomic E-state index is 11.3. The fraction of sp³-hybridized carbons (Fsp3) is 0.333. The van der Waals surface area contributed by atoms with Gasteiger partial charge in [-0.15, -0.1) is 0 Å². The first-order chi connectivity index (χ1) is 8.26. The zero-order valence-corrected chi connectivity index (χ0v) is 9.64. The second-order valence-electron chi connectivity index (χ2n) is 3.31. The molecule has 17 heavy (non-hydrogen) atoms. The molecule has 0 radical (unpaired) electrons. The zero-order valence-electron chi connectivity index (χ0n) is 9.64. The second kappa shape index (κ2) is 7.40. The molecule has 0 spiro atoms. The number of benzene rings is 1. The van der Waals surface area contributed by atoms with E-state index in [0.29, 0.717) is 12.2 Å². The van der Waals surface area contributed by atoms with Gasteiger partial charge in [0.25, 0.3) is 6.47 Å². The van der Waals surface area contributed by atoms with Crippen molar-refractivity contribution < 1.29 is 19.1 Å². The number of hydrogen-bond donors (Lipinski definition) is 1. The third-order valence-corrected chi connectivity index (χ3v) is 1.99. The largest absolute Gasteiger partial charge is 0.463 e. The molecule has 0 aliphatic rings. The predicted octanol–water partition coefficient (Wildman–Crippen LogP) is 0.874. The van der Waals surface area contributed by atoms with Crippen molar-refractivity contribution in [1.82, 2.24) is 5.32 Å². The normalized spacial score (nSPS) is 9.71. The van der Waals surface area contributed by atoms with E-state index in [0.717, 1.165) is 12.1 Å². The lowest BCUT2D eigenvalue weighted by molar-refractivity contribution is -0.133. The molecule has 0 aliphatic heterocycles. The van der Waals surface area contributed by atoms with Gasteiger partial charge in [0.2, 0.25) is 0 Å². The molecule has 1 rings (SSSR count). The van der Waals surface area contributed by atoms with Crippen LogP contribution in [0.25, 0.3) is 0 Å². The van der Waals surface area contributed by atoms with Crippen LogP contribution in [-0.2, 0) is 20.9 Å². The van der Waals surface area contributed by atoms with Crippen LogP contribution in [0.2, 0.25) is 0 Å². The molecule has 0 fully saturated rings. The maximum atomic E-state index is 11.3. The Morgan fingerprint density at radius 1 is 1.35 bits per heavy atom. The minimum atomic E-state index is -0.330. The highest BCUT2D eigenvalue weighted by molar-refractivity contribution is 5.74. The lowest BCUT2D eigenvalue weighted by Gasteiger charge is -2.05. The van der Waals surface area contributed by atoms with E-state index in [1.807, 2.05) is 6.92 Å². The number of esters is 1. The second-order valence-corrected chi connectivity index (χ2v) is 3.31. The van der Waals surface area contributed by atoms with Crippen LogP contribution in [0.4, 0.5) is 0 Å². The first-order valence-electron chi connectivity index (χ1n) is 5.32. The van der Waals surface area contributed by atoms with Crippen LogP contribution in [0.3, 0.4) is 0 Å². The number of carbonyl (C=O) groups is 2. The van der Waals surface area contributed by atoms with Gasteiger partial charge in [0.05, 0.1) is 6.54 Å². The van der Waals surface area contributed by atoms with Gasteiger partial charge in [-0.2, -0.15) is 0 Å². The van der Waals surface area contributed by atoms with Crippen LogP contribution in [0.15, 0.2) is 24.3 Å². The number of ether oxygens (including phenoxy) is 2. The van der Waals surface area contributed by atoms with E-state index in [2.05, 4.69) is 10.1 Å². The molecule has 0 heterocycles. The van der Waals surface area contributed by atoms with Crippen LogP contribution in [-0.4, -0.2) is 25.5 Å². The molecule has 1 aromatic rings. The molecular weight excluding hydrogens is 222 g/mol. The number of likely N-dealkylation sites (N-methyl/N-ethyl adjacent to an activating group) is 1. The quantitative estimate of drug-likeness (QED) is 0.433. The van der Waals surface area contributed by atoms with E-state index < -0.39 is 0 Å². The van der Waals surface area contributed by atoms with Crippen LogP contribution < -0.4 is 10.1 Å². The van der Waals surface area contributed by atoms with Crippen molar-refractivity contribution in [2.75, 3.05) is 13.1 Å². The van der Waals surface area contributed by atoms with E-state index >= 15 is 0 Å². The van der Waals surface area contributed by atoms with E-state index in [1.165, 1.54) is 0 Å². The molecule has 0 saturated carbocycles. The average Bonchev–Trinajstić information content (AvgIpc) is 2.35. The van der Waals surface area contributed by atoms with Crippen molar-refractivity contribution in [1.29, 1.82) is 0 Å². The van der Waals surface area contributed by atoms with Crippen molar-refractivity contribution >= 4 is 12.4 Å². The molecule has 92 valence electrons. The maximum Gasteiger partial charge on any atom is 0.325 e. The lowest BCUT2D eigenvalue weighted by atomic mass is 10.2. The van der Waals surface area contributed by atoms with Gasteiger partial charge < -0.3 is 14.8 Å². The Balaban J connectivity index is 2.44. The van der Waals surface area contributed by atoms with Gasteiger partial charge in [-0.05, 0) is 24.2 Å². The van der Waals surface area contributed by atoms with Gasteiger partial charge >= 0.3 is 5.97 Å². The topological polar surface area (TPSA) is 64.6 Å². The van der Waals surface area contributed by atoms with Gasteiger partial charge in [0.1, 0.15) is 12.4 Å². The summed E-state index contributed by atoms with van der Waals surface area (Å²) < 4.78 is 9.66. The van der Waals surface area contributed by atoms with Crippen molar-refractivity contribution in [2.24, 2.45) is 0 Å². The molecule has 5 heteroatoms. The molecular formula is C12H15NO4. The summed E-state index contributed by atoms with van der Waals surface area (Å²) in [5.74, 6) is 0.145. The number of nitrogens with one attached hydrogen (secondary N) is 1. The molecule has 0 bridgehead atoms. The van der Waals surface area contributed by atoms with E-state index in [4.69, 9.17) is 4.74 Å². The van der Waals surface area contributed by atoms with Crippen molar-refractivity contribution in [2.45, 2.75) is 13.5 Å². The van der Waals surface area contributed by atoms with Crippen molar-refractivity contribution in [3.63, 3.8) is 0 Å². The van der Waals surface area contributed by atoms with Gasteiger partial charge in [0, 0.05) is 0 Å². The highest BCUT2D eigenvalue weighted by atomic mass is 16.5. The summed E-state index contributed by atoms with van der Waals surface area (Å²) in [6.45, 7) is 3.43. The molecule has 1 aromatic carbocycles. The average molecular weight is 237 g/mol. The summed E-state index contributed by atoms with van der Waals surface area (Å²) in [4.78, 5) is 21.3. The van der Waals surface area contributed by atoms with Gasteiger partial charge in [-0.1, -0.05) is 19.1 Å². The van der Waals surface area contributed by atoms with Crippen LogP contribution >= 0.6 is 0 Å². The smallest absolute Gasteiger partial charge is 0.325 e. The predicted molar refractivity (Wildman–Crippen MR) is 61.5 cm³/mol. The Labute approximate surface area is 99.7 Å². The Morgan fingerprint density at radius 2 is 2.06 bits per heavy atom. The highest BCUT2D eigenvalue weighted by Gasteiger charge is 2.03. The van der Waals surface area contributed by atoms with Crippen molar-refractivity contribution in [3.05, 3.63) is 29.8 Å².